The van der Waals surface area contributed by atoms with Gasteiger partial charge in [-0.2, -0.15) is 0 Å². The van der Waals surface area contributed by atoms with Crippen molar-refractivity contribution in [2.24, 2.45) is 11.8 Å². The summed E-state index contributed by atoms with van der Waals surface area (Å²) in [6, 6.07) is 4.90. The number of imide groups is 1. The number of amides is 3. The number of anilines is 1. The number of unbranched alkanes of at least 4 members (excludes halogenated alkanes) is 1. The van der Waals surface area contributed by atoms with Crippen LogP contribution in [0.15, 0.2) is 18.2 Å². The fraction of sp³-hybridized carbons (Fsp3) is 0.625. The van der Waals surface area contributed by atoms with E-state index in [0.717, 1.165) is 51.6 Å². The van der Waals surface area contributed by atoms with Gasteiger partial charge in [-0.1, -0.05) is 25.8 Å². The third kappa shape index (κ3) is 3.16. The van der Waals surface area contributed by atoms with Gasteiger partial charge in [0.05, 0.1) is 11.1 Å². The second-order valence-corrected chi connectivity index (χ2v) is 9.59. The van der Waals surface area contributed by atoms with Gasteiger partial charge in [0.25, 0.3) is 11.8 Å². The number of nitrogens with one attached hydrogen (secondary N) is 1. The minimum absolute atomic E-state index is 0.0603. The van der Waals surface area contributed by atoms with Gasteiger partial charge in [0.2, 0.25) is 5.91 Å². The molecule has 0 radical (unpaired) electrons. The summed E-state index contributed by atoms with van der Waals surface area (Å²) in [5, 5.41) is 3.76. The van der Waals surface area contributed by atoms with Crippen LogP contribution in [0, 0.1) is 11.8 Å². The van der Waals surface area contributed by atoms with Crippen LogP contribution in [-0.4, -0.2) is 58.7 Å². The first-order chi connectivity index (χ1) is 15.0. The molecule has 1 aromatic carbocycles. The lowest BCUT2D eigenvalue weighted by Gasteiger charge is -2.55. The zero-order chi connectivity index (χ0) is 21.7. The van der Waals surface area contributed by atoms with Gasteiger partial charge in [-0.15, -0.1) is 0 Å². The predicted molar refractivity (Wildman–Crippen MR) is 117 cm³/mol. The molecule has 1 aromatic rings. The monoisotopic (exact) mass is 424 g/mol. The average molecular weight is 425 g/mol. The Balaban J connectivity index is 1.41. The molecule has 3 N–H and O–H groups in total. The third-order valence-corrected chi connectivity index (χ3v) is 7.91. The molecule has 0 aromatic heterocycles. The van der Waals surface area contributed by atoms with E-state index in [9.17, 15) is 14.4 Å². The summed E-state index contributed by atoms with van der Waals surface area (Å²) < 4.78 is 0. The van der Waals surface area contributed by atoms with Crippen molar-refractivity contribution >= 4 is 23.4 Å². The van der Waals surface area contributed by atoms with Gasteiger partial charge in [0, 0.05) is 24.3 Å². The highest BCUT2D eigenvalue weighted by molar-refractivity contribution is 6.25. The highest BCUT2D eigenvalue weighted by Gasteiger charge is 2.52. The van der Waals surface area contributed by atoms with E-state index in [0.29, 0.717) is 35.5 Å². The van der Waals surface area contributed by atoms with E-state index in [4.69, 9.17) is 5.73 Å². The van der Waals surface area contributed by atoms with E-state index in [1.807, 2.05) is 4.90 Å². The lowest BCUT2D eigenvalue weighted by atomic mass is 9.70. The summed E-state index contributed by atoms with van der Waals surface area (Å²) >= 11 is 0. The number of carbonyl (C=O) groups excluding carboxylic acids is 3. The van der Waals surface area contributed by atoms with Crippen LogP contribution in [0.4, 0.5) is 5.69 Å². The summed E-state index contributed by atoms with van der Waals surface area (Å²) in [5.41, 5.74) is 6.86. The average Bonchev–Trinajstić information content (AvgIpc) is 3.04. The van der Waals surface area contributed by atoms with Crippen molar-refractivity contribution in [1.82, 2.24) is 15.1 Å². The van der Waals surface area contributed by atoms with Crippen LogP contribution in [0.2, 0.25) is 0 Å². The molecule has 5 atom stereocenters. The first kappa shape index (κ1) is 20.5. The quantitative estimate of drug-likeness (QED) is 0.572. The summed E-state index contributed by atoms with van der Waals surface area (Å²) in [6.07, 6.45) is 7.06. The Kier molecular flexibility index (Phi) is 5.24. The maximum atomic E-state index is 13.7. The SMILES string of the molecule is CCCC[C@H]1CN2C(=O)C(N3C(=O)c4cccc(N)c4C3=O)CC[C@@H]2[C@H]2CCCN[C@@H]12. The molecule has 31 heavy (non-hydrogen) atoms. The molecule has 3 amide bonds. The highest BCUT2D eigenvalue weighted by atomic mass is 16.2. The zero-order valence-electron chi connectivity index (χ0n) is 18.2. The molecule has 0 bridgehead atoms. The summed E-state index contributed by atoms with van der Waals surface area (Å²) in [6.45, 7) is 3.98. The molecule has 0 saturated carbocycles. The van der Waals surface area contributed by atoms with Crippen molar-refractivity contribution in [3.8, 4) is 0 Å². The summed E-state index contributed by atoms with van der Waals surface area (Å²) in [4.78, 5) is 43.1. The topological polar surface area (TPSA) is 95.7 Å². The largest absolute Gasteiger partial charge is 0.398 e. The Morgan fingerprint density at radius 1 is 1.13 bits per heavy atom. The third-order valence-electron chi connectivity index (χ3n) is 7.91. The van der Waals surface area contributed by atoms with Crippen molar-refractivity contribution in [1.29, 1.82) is 0 Å². The molecule has 1 unspecified atom stereocenters. The fourth-order valence-corrected chi connectivity index (χ4v) is 6.47. The Morgan fingerprint density at radius 2 is 1.97 bits per heavy atom. The zero-order valence-corrected chi connectivity index (χ0v) is 18.2. The minimum atomic E-state index is -0.719. The molecule has 3 fully saturated rings. The molecule has 0 spiro atoms. The number of carbonyl (C=O) groups is 3. The van der Waals surface area contributed by atoms with E-state index < -0.39 is 11.9 Å². The molecule has 3 saturated heterocycles. The van der Waals surface area contributed by atoms with Crippen LogP contribution in [0.3, 0.4) is 0 Å². The highest BCUT2D eigenvalue weighted by Crippen LogP contribution is 2.42. The number of nitrogens with two attached hydrogens (primary N) is 1. The Hall–Kier alpha value is -2.41. The van der Waals surface area contributed by atoms with Crippen molar-refractivity contribution in [3.63, 3.8) is 0 Å². The van der Waals surface area contributed by atoms with Crippen LogP contribution in [0.1, 0.15) is 72.6 Å². The number of benzene rings is 1. The number of nitrogens with zero attached hydrogens (tertiary/aromatic N) is 2. The van der Waals surface area contributed by atoms with Gasteiger partial charge < -0.3 is 16.0 Å². The van der Waals surface area contributed by atoms with E-state index in [-0.39, 0.29) is 23.4 Å². The number of piperidine rings is 3. The molecule has 5 rings (SSSR count). The van der Waals surface area contributed by atoms with Gasteiger partial charge in [0.1, 0.15) is 6.04 Å². The number of rotatable bonds is 4. The van der Waals surface area contributed by atoms with Crippen LogP contribution in [0.5, 0.6) is 0 Å². The first-order valence-electron chi connectivity index (χ1n) is 11.8. The van der Waals surface area contributed by atoms with Gasteiger partial charge in [0.15, 0.2) is 0 Å². The Labute approximate surface area is 183 Å². The van der Waals surface area contributed by atoms with E-state index in [1.165, 1.54) is 4.90 Å². The Bertz CT molecular complexity index is 916. The first-order valence-corrected chi connectivity index (χ1v) is 11.8. The van der Waals surface area contributed by atoms with Gasteiger partial charge >= 0.3 is 0 Å². The van der Waals surface area contributed by atoms with Crippen molar-refractivity contribution < 1.29 is 14.4 Å². The molecule has 4 aliphatic heterocycles. The fourth-order valence-electron chi connectivity index (χ4n) is 6.47. The number of fused-ring (bicyclic) bond motifs is 4. The molecule has 7 nitrogen and oxygen atoms in total. The lowest BCUT2D eigenvalue weighted by molar-refractivity contribution is -0.150. The number of hydrogen-bond donors (Lipinski definition) is 2. The maximum absolute atomic E-state index is 13.7. The molecular formula is C24H32N4O3. The molecule has 4 heterocycles. The molecule has 7 heteroatoms. The molecule has 166 valence electrons. The molecular weight excluding hydrogens is 392 g/mol. The van der Waals surface area contributed by atoms with E-state index in [1.54, 1.807) is 18.2 Å². The Morgan fingerprint density at radius 3 is 2.74 bits per heavy atom. The van der Waals surface area contributed by atoms with E-state index >= 15 is 0 Å². The van der Waals surface area contributed by atoms with Crippen LogP contribution < -0.4 is 11.1 Å². The van der Waals surface area contributed by atoms with Crippen LogP contribution in [-0.2, 0) is 4.79 Å². The van der Waals surface area contributed by atoms with Crippen molar-refractivity contribution in [2.75, 3.05) is 18.8 Å². The summed E-state index contributed by atoms with van der Waals surface area (Å²) in [5.74, 6) is 0.0245. The lowest BCUT2D eigenvalue weighted by Crippen LogP contribution is -2.67. The number of nitrogen functional groups attached to an aromatic ring is 1. The second-order valence-electron chi connectivity index (χ2n) is 9.59. The van der Waals surface area contributed by atoms with Gasteiger partial charge in [-0.25, -0.2) is 0 Å². The van der Waals surface area contributed by atoms with Gasteiger partial charge in [-0.05, 0) is 62.6 Å². The second kappa shape index (κ2) is 7.93. The van der Waals surface area contributed by atoms with E-state index in [2.05, 4.69) is 12.2 Å². The smallest absolute Gasteiger partial charge is 0.264 e. The van der Waals surface area contributed by atoms with Gasteiger partial charge in [-0.3, -0.25) is 19.3 Å². The van der Waals surface area contributed by atoms with Crippen molar-refractivity contribution in [2.45, 2.75) is 70.0 Å². The summed E-state index contributed by atoms with van der Waals surface area (Å²) in [7, 11) is 0. The number of hydrogen-bond acceptors (Lipinski definition) is 5. The predicted octanol–water partition coefficient (Wildman–Crippen LogP) is 2.41. The normalized spacial score (nSPS) is 32.7. The van der Waals surface area contributed by atoms with Crippen LogP contribution >= 0.6 is 0 Å². The standard InChI is InChI=1S/C24H32N4O3/c1-2-3-6-14-13-27-18(15-8-5-12-26-21(14)15)10-11-19(23(27)30)28-22(29)16-7-4-9-17(25)20(16)24(28)31/h4,7,9,14-15,18-19,21,26H,2-3,5-6,8,10-13,25H2,1H3/t14-,15+,18+,19?,21-/m0/s1. The maximum Gasteiger partial charge on any atom is 0.264 e. The molecule has 4 aliphatic rings. The minimum Gasteiger partial charge on any atom is -0.398 e. The molecule has 0 aliphatic carbocycles. The van der Waals surface area contributed by atoms with Crippen LogP contribution in [0.25, 0.3) is 0 Å². The van der Waals surface area contributed by atoms with Crippen molar-refractivity contribution in [3.05, 3.63) is 29.3 Å².